The number of hydrogen-bond acceptors (Lipinski definition) is 7. The van der Waals surface area contributed by atoms with E-state index in [2.05, 4.69) is 14.9 Å². The third-order valence-corrected chi connectivity index (χ3v) is 5.68. The first-order valence-corrected chi connectivity index (χ1v) is 9.05. The number of rotatable bonds is 7. The molecule has 0 amide bonds. The first-order valence-electron chi connectivity index (χ1n) is 6.69. The molecule has 7 nitrogen and oxygen atoms in total. The van der Waals surface area contributed by atoms with E-state index in [1.54, 1.807) is 48.0 Å². The Bertz CT molecular complexity index is 829. The summed E-state index contributed by atoms with van der Waals surface area (Å²) >= 11 is 1.16. The lowest BCUT2D eigenvalue weighted by atomic mass is 10.3. The van der Waals surface area contributed by atoms with Crippen molar-refractivity contribution in [2.24, 2.45) is 0 Å². The van der Waals surface area contributed by atoms with Crippen LogP contribution in [0.2, 0.25) is 0 Å². The number of nitrogens with one attached hydrogen (secondary N) is 1. The molecule has 0 fully saturated rings. The summed E-state index contributed by atoms with van der Waals surface area (Å²) in [7, 11) is -3.47. The molecule has 0 aliphatic rings. The smallest absolute Gasteiger partial charge is 0.250 e. The van der Waals surface area contributed by atoms with Gasteiger partial charge in [-0.2, -0.15) is 0 Å². The molecule has 0 saturated carbocycles. The van der Waals surface area contributed by atoms with Gasteiger partial charge in [0.2, 0.25) is 15.9 Å². The topological polar surface area (TPSA) is 94.3 Å². The third-order valence-electron chi connectivity index (χ3n) is 2.82. The number of aromatic nitrogens is 2. The molecule has 0 atom stereocenters. The highest BCUT2D eigenvalue weighted by Gasteiger charge is 2.14. The molecule has 0 bridgehead atoms. The second-order valence-corrected chi connectivity index (χ2v) is 7.35. The highest BCUT2D eigenvalue weighted by atomic mass is 32.2. The van der Waals surface area contributed by atoms with Gasteiger partial charge in [-0.25, -0.2) is 13.1 Å². The van der Waals surface area contributed by atoms with Crippen LogP contribution in [0.3, 0.4) is 0 Å². The molecule has 3 heterocycles. The summed E-state index contributed by atoms with van der Waals surface area (Å²) in [6.45, 7) is 0.293. The molecule has 0 aromatic carbocycles. The maximum atomic E-state index is 11.9. The Morgan fingerprint density at radius 3 is 2.74 bits per heavy atom. The Labute approximate surface area is 137 Å². The second-order valence-electron chi connectivity index (χ2n) is 4.41. The van der Waals surface area contributed by atoms with Gasteiger partial charge in [0.15, 0.2) is 5.76 Å². The summed E-state index contributed by atoms with van der Waals surface area (Å²) in [5.41, 5.74) is 0.598. The fraction of sp³-hybridized carbons (Fsp3) is 0.143. The summed E-state index contributed by atoms with van der Waals surface area (Å²) in [4.78, 5) is 0. The van der Waals surface area contributed by atoms with Crippen molar-refractivity contribution in [3.05, 3.63) is 48.0 Å². The van der Waals surface area contributed by atoms with Crippen molar-refractivity contribution in [1.82, 2.24) is 14.9 Å². The van der Waals surface area contributed by atoms with E-state index in [-0.39, 0.29) is 17.4 Å². The zero-order valence-corrected chi connectivity index (χ0v) is 13.5. The van der Waals surface area contributed by atoms with Gasteiger partial charge >= 0.3 is 0 Å². The quantitative estimate of drug-likeness (QED) is 0.656. The Kier molecular flexibility index (Phi) is 4.70. The van der Waals surface area contributed by atoms with Gasteiger partial charge in [-0.1, -0.05) is 6.07 Å². The van der Waals surface area contributed by atoms with Crippen molar-refractivity contribution in [2.75, 3.05) is 13.2 Å². The highest BCUT2D eigenvalue weighted by molar-refractivity contribution is 7.91. The Morgan fingerprint density at radius 2 is 2.09 bits per heavy atom. The summed E-state index contributed by atoms with van der Waals surface area (Å²) < 4.78 is 37.1. The zero-order chi connectivity index (χ0) is 16.1. The molecule has 3 aromatic heterocycles. The van der Waals surface area contributed by atoms with E-state index < -0.39 is 10.0 Å². The van der Waals surface area contributed by atoms with Crippen molar-refractivity contribution in [2.45, 2.75) is 4.21 Å². The van der Waals surface area contributed by atoms with E-state index in [9.17, 15) is 8.42 Å². The van der Waals surface area contributed by atoms with E-state index in [4.69, 9.17) is 9.15 Å². The van der Waals surface area contributed by atoms with Crippen molar-refractivity contribution in [1.29, 1.82) is 0 Å². The van der Waals surface area contributed by atoms with Crippen LogP contribution >= 0.6 is 11.3 Å². The number of thiophene rings is 1. The van der Waals surface area contributed by atoms with E-state index in [1.807, 2.05) is 0 Å². The highest BCUT2D eigenvalue weighted by Crippen LogP contribution is 2.18. The summed E-state index contributed by atoms with van der Waals surface area (Å²) in [6, 6.07) is 10.2. The molecule has 1 N–H and O–H groups in total. The van der Waals surface area contributed by atoms with Gasteiger partial charge in [0.05, 0.1) is 6.26 Å². The summed E-state index contributed by atoms with van der Waals surface area (Å²) in [5, 5.41) is 9.60. The molecule has 0 radical (unpaired) electrons. The van der Waals surface area contributed by atoms with E-state index in [0.717, 1.165) is 11.3 Å². The number of hydrogen-bond donors (Lipinski definition) is 1. The van der Waals surface area contributed by atoms with Gasteiger partial charge in [0.1, 0.15) is 16.5 Å². The van der Waals surface area contributed by atoms with Crippen molar-refractivity contribution in [3.8, 4) is 17.3 Å². The van der Waals surface area contributed by atoms with Crippen molar-refractivity contribution in [3.63, 3.8) is 0 Å². The lowest BCUT2D eigenvalue weighted by Gasteiger charge is -2.06. The van der Waals surface area contributed by atoms with Crippen molar-refractivity contribution >= 4 is 21.4 Å². The number of furan rings is 1. The van der Waals surface area contributed by atoms with Crippen LogP contribution in [0.4, 0.5) is 0 Å². The normalized spacial score (nSPS) is 11.5. The number of nitrogens with zero attached hydrogens (tertiary/aromatic N) is 2. The van der Waals surface area contributed by atoms with Crippen LogP contribution in [0.15, 0.2) is 56.7 Å². The molecule has 0 aliphatic heterocycles. The average Bonchev–Trinajstić information content (AvgIpc) is 3.25. The maximum Gasteiger partial charge on any atom is 0.250 e. The Balaban J connectivity index is 1.49. The van der Waals surface area contributed by atoms with E-state index in [0.29, 0.717) is 17.3 Å². The minimum absolute atomic E-state index is 0.141. The summed E-state index contributed by atoms with van der Waals surface area (Å²) in [6.07, 6.45) is 1.56. The molecule has 120 valence electrons. The molecular formula is C14H13N3O4S2. The number of sulfonamides is 1. The molecule has 0 spiro atoms. The molecule has 0 unspecified atom stereocenters. The van der Waals surface area contributed by atoms with Gasteiger partial charge < -0.3 is 9.15 Å². The predicted molar refractivity (Wildman–Crippen MR) is 84.7 cm³/mol. The van der Waals surface area contributed by atoms with Crippen LogP contribution in [0.1, 0.15) is 0 Å². The first kappa shape index (κ1) is 15.7. The fourth-order valence-electron chi connectivity index (χ4n) is 1.77. The molecule has 0 saturated heterocycles. The predicted octanol–water partition coefficient (Wildman–Crippen LogP) is 2.16. The van der Waals surface area contributed by atoms with Crippen molar-refractivity contribution < 1.29 is 17.6 Å². The monoisotopic (exact) mass is 351 g/mol. The third kappa shape index (κ3) is 3.95. The minimum atomic E-state index is -3.47. The Hall–Kier alpha value is -2.23. The second kappa shape index (κ2) is 6.90. The van der Waals surface area contributed by atoms with Gasteiger partial charge in [-0.05, 0) is 29.6 Å². The fourth-order valence-corrected chi connectivity index (χ4v) is 3.82. The molecule has 9 heteroatoms. The van der Waals surface area contributed by atoms with Crippen LogP contribution in [-0.2, 0) is 10.0 Å². The van der Waals surface area contributed by atoms with Gasteiger partial charge in [0.25, 0.3) is 0 Å². The summed E-state index contributed by atoms with van der Waals surface area (Å²) in [5.74, 6) is 0.934. The SMILES string of the molecule is O=S(=O)(NCCOc1ccc(-c2ccco2)nn1)c1cccs1. The van der Waals surface area contributed by atoms with E-state index >= 15 is 0 Å². The van der Waals surface area contributed by atoms with Crippen LogP contribution in [0.25, 0.3) is 11.5 Å². The standard InChI is InChI=1S/C14H13N3O4S2/c18-23(19,14-4-2-10-22-14)15-7-9-21-13-6-5-11(16-17-13)12-3-1-8-20-12/h1-6,8,10,15H,7,9H2. The largest absolute Gasteiger partial charge is 0.475 e. The molecule has 3 rings (SSSR count). The van der Waals surface area contributed by atoms with Crippen LogP contribution in [0, 0.1) is 0 Å². The lowest BCUT2D eigenvalue weighted by molar-refractivity contribution is 0.307. The average molecular weight is 351 g/mol. The van der Waals surface area contributed by atoms with Gasteiger partial charge in [0, 0.05) is 12.6 Å². The minimum Gasteiger partial charge on any atom is -0.475 e. The van der Waals surface area contributed by atoms with Gasteiger partial charge in [-0.3, -0.25) is 0 Å². The molecular weight excluding hydrogens is 338 g/mol. The van der Waals surface area contributed by atoms with Crippen LogP contribution < -0.4 is 9.46 Å². The van der Waals surface area contributed by atoms with Gasteiger partial charge in [-0.15, -0.1) is 21.5 Å². The van der Waals surface area contributed by atoms with E-state index in [1.165, 1.54) is 0 Å². The zero-order valence-electron chi connectivity index (χ0n) is 11.9. The first-order chi connectivity index (χ1) is 11.1. The van der Waals surface area contributed by atoms with Crippen LogP contribution in [-0.4, -0.2) is 31.8 Å². The lowest BCUT2D eigenvalue weighted by Crippen LogP contribution is -2.27. The molecule has 0 aliphatic carbocycles. The van der Waals surface area contributed by atoms with Crippen LogP contribution in [0.5, 0.6) is 5.88 Å². The molecule has 3 aromatic rings. The Morgan fingerprint density at radius 1 is 1.17 bits per heavy atom. The number of ether oxygens (including phenoxy) is 1. The maximum absolute atomic E-state index is 11.9. The molecule has 23 heavy (non-hydrogen) atoms.